The predicted molar refractivity (Wildman–Crippen MR) is 130 cm³/mol. The smallest absolute Gasteiger partial charge is 0.119 e. The van der Waals surface area contributed by atoms with Gasteiger partial charge in [0.2, 0.25) is 0 Å². The highest BCUT2D eigenvalue weighted by atomic mass is 79.9. The molecule has 0 amide bonds. The van der Waals surface area contributed by atoms with Gasteiger partial charge in [-0.1, -0.05) is 37.9 Å². The molecule has 0 unspecified atom stereocenters. The van der Waals surface area contributed by atoms with Crippen molar-refractivity contribution in [3.05, 3.63) is 86.8 Å². The van der Waals surface area contributed by atoms with Crippen LogP contribution in [-0.2, 0) is 6.61 Å². The monoisotopic (exact) mass is 514 g/mol. The second kappa shape index (κ2) is 10.6. The maximum atomic E-state index is 5.89. The maximum absolute atomic E-state index is 5.89. The van der Waals surface area contributed by atoms with Crippen LogP contribution in [-0.4, -0.2) is 19.3 Å². The zero-order valence-electron chi connectivity index (χ0n) is 16.6. The van der Waals surface area contributed by atoms with Crippen LogP contribution in [0.2, 0.25) is 0 Å². The molecule has 3 rings (SSSR count). The molecule has 0 heterocycles. The fraction of sp³-hybridized carbons (Fsp3) is 0.208. The number of hydrogen-bond acceptors (Lipinski definition) is 3. The molecular formula is C24H24Br2N2O. The molecule has 150 valence electrons. The van der Waals surface area contributed by atoms with Crippen LogP contribution in [0.25, 0.3) is 0 Å². The summed E-state index contributed by atoms with van der Waals surface area (Å²) in [7, 11) is 0. The van der Waals surface area contributed by atoms with E-state index in [2.05, 4.69) is 79.9 Å². The van der Waals surface area contributed by atoms with Gasteiger partial charge in [0.05, 0.1) is 5.69 Å². The number of rotatable bonds is 8. The Morgan fingerprint density at radius 3 is 2.21 bits per heavy atom. The Balaban J connectivity index is 1.58. The molecular weight excluding hydrogens is 492 g/mol. The van der Waals surface area contributed by atoms with Gasteiger partial charge in [0.1, 0.15) is 12.4 Å². The van der Waals surface area contributed by atoms with Gasteiger partial charge in [0.15, 0.2) is 0 Å². The highest BCUT2D eigenvalue weighted by Gasteiger charge is 2.03. The van der Waals surface area contributed by atoms with Crippen LogP contribution in [0.15, 0.2) is 80.7 Å². The molecule has 0 fully saturated rings. The number of hydrogen-bond donors (Lipinski definition) is 0. The van der Waals surface area contributed by atoms with E-state index >= 15 is 0 Å². The highest BCUT2D eigenvalue weighted by Crippen LogP contribution is 2.24. The van der Waals surface area contributed by atoms with E-state index in [-0.39, 0.29) is 0 Å². The minimum atomic E-state index is 0.514. The molecule has 0 aliphatic rings. The van der Waals surface area contributed by atoms with Gasteiger partial charge < -0.3 is 9.64 Å². The molecule has 0 N–H and O–H groups in total. The zero-order chi connectivity index (χ0) is 20.6. The summed E-state index contributed by atoms with van der Waals surface area (Å²) < 4.78 is 7.96. The standard InChI is InChI=1S/C24H24Br2N2O/c1-3-28(4-2)22-11-9-21(10-12-22)27-16-18-5-13-23(14-6-18)29-17-19-7-8-20(25)15-24(19)26/h5-16H,3-4,17H2,1-2H3. The van der Waals surface area contributed by atoms with Gasteiger partial charge in [0, 0.05) is 39.5 Å². The van der Waals surface area contributed by atoms with E-state index in [9.17, 15) is 0 Å². The SMILES string of the molecule is CCN(CC)c1ccc(N=Cc2ccc(OCc3ccc(Br)cc3Br)cc2)cc1. The van der Waals surface area contributed by atoms with Crippen molar-refractivity contribution in [2.45, 2.75) is 20.5 Å². The molecule has 5 heteroatoms. The largest absolute Gasteiger partial charge is 0.489 e. The molecule has 0 radical (unpaired) electrons. The van der Waals surface area contributed by atoms with E-state index in [0.29, 0.717) is 6.61 Å². The Bertz CT molecular complexity index is 950. The number of halogens is 2. The first-order valence-electron chi connectivity index (χ1n) is 9.65. The summed E-state index contributed by atoms with van der Waals surface area (Å²) in [6, 6.07) is 22.4. The summed E-state index contributed by atoms with van der Waals surface area (Å²) in [6.45, 7) is 6.86. The number of benzene rings is 3. The normalized spacial score (nSPS) is 11.0. The van der Waals surface area contributed by atoms with Crippen molar-refractivity contribution in [2.75, 3.05) is 18.0 Å². The molecule has 3 aromatic carbocycles. The van der Waals surface area contributed by atoms with Gasteiger partial charge in [-0.15, -0.1) is 0 Å². The minimum Gasteiger partial charge on any atom is -0.489 e. The molecule has 29 heavy (non-hydrogen) atoms. The molecule has 0 aliphatic carbocycles. The highest BCUT2D eigenvalue weighted by molar-refractivity contribution is 9.11. The Morgan fingerprint density at radius 1 is 0.897 bits per heavy atom. The average molecular weight is 516 g/mol. The molecule has 0 spiro atoms. The molecule has 0 saturated carbocycles. The van der Waals surface area contributed by atoms with Crippen molar-refractivity contribution in [2.24, 2.45) is 4.99 Å². The first-order valence-corrected chi connectivity index (χ1v) is 11.2. The third-order valence-corrected chi connectivity index (χ3v) is 5.86. The average Bonchev–Trinajstić information content (AvgIpc) is 2.74. The first-order chi connectivity index (χ1) is 14.1. The van der Waals surface area contributed by atoms with E-state index < -0.39 is 0 Å². The molecule has 0 atom stereocenters. The lowest BCUT2D eigenvalue weighted by molar-refractivity contribution is 0.305. The van der Waals surface area contributed by atoms with Gasteiger partial charge in [-0.25, -0.2) is 0 Å². The second-order valence-corrected chi connectivity index (χ2v) is 8.31. The topological polar surface area (TPSA) is 24.8 Å². The van der Waals surface area contributed by atoms with Gasteiger partial charge in [-0.2, -0.15) is 0 Å². The van der Waals surface area contributed by atoms with Crippen molar-refractivity contribution in [1.82, 2.24) is 0 Å². The molecule has 0 bridgehead atoms. The van der Waals surface area contributed by atoms with Crippen molar-refractivity contribution in [3.63, 3.8) is 0 Å². The Kier molecular flexibility index (Phi) is 7.90. The molecule has 0 aromatic heterocycles. The van der Waals surface area contributed by atoms with Crippen LogP contribution in [0.1, 0.15) is 25.0 Å². The lowest BCUT2D eigenvalue weighted by Crippen LogP contribution is -2.21. The lowest BCUT2D eigenvalue weighted by atomic mass is 10.2. The third-order valence-electron chi connectivity index (χ3n) is 4.63. The van der Waals surface area contributed by atoms with Gasteiger partial charge in [-0.05, 0) is 80.1 Å². The molecule has 0 saturated heterocycles. The van der Waals surface area contributed by atoms with Crippen LogP contribution in [0.4, 0.5) is 11.4 Å². The van der Waals surface area contributed by atoms with E-state index in [1.165, 1.54) is 5.69 Å². The Labute approximate surface area is 189 Å². The zero-order valence-corrected chi connectivity index (χ0v) is 19.8. The maximum Gasteiger partial charge on any atom is 0.119 e. The number of aliphatic imine (C=N–C) groups is 1. The summed E-state index contributed by atoms with van der Waals surface area (Å²) in [4.78, 5) is 6.90. The fourth-order valence-electron chi connectivity index (χ4n) is 2.94. The predicted octanol–water partition coefficient (Wildman–Crippen LogP) is 7.39. The number of anilines is 1. The molecule has 0 aliphatic heterocycles. The summed E-state index contributed by atoms with van der Waals surface area (Å²) in [6.07, 6.45) is 1.88. The number of ether oxygens (including phenoxy) is 1. The first kappa shape index (κ1) is 21.6. The number of nitrogens with zero attached hydrogens (tertiary/aromatic N) is 2. The van der Waals surface area contributed by atoms with Crippen molar-refractivity contribution < 1.29 is 4.74 Å². The summed E-state index contributed by atoms with van der Waals surface area (Å²) >= 11 is 7.03. The quantitative estimate of drug-likeness (QED) is 0.292. The van der Waals surface area contributed by atoms with Crippen LogP contribution < -0.4 is 9.64 Å². The molecule has 3 nitrogen and oxygen atoms in total. The van der Waals surface area contributed by atoms with E-state index in [4.69, 9.17) is 4.74 Å². The van der Waals surface area contributed by atoms with Crippen molar-refractivity contribution in [3.8, 4) is 5.75 Å². The van der Waals surface area contributed by atoms with Gasteiger partial charge in [-0.3, -0.25) is 4.99 Å². The van der Waals surface area contributed by atoms with Crippen LogP contribution in [0.5, 0.6) is 5.75 Å². The minimum absolute atomic E-state index is 0.514. The van der Waals surface area contributed by atoms with Crippen LogP contribution in [0, 0.1) is 0 Å². The third kappa shape index (κ3) is 6.18. The van der Waals surface area contributed by atoms with Gasteiger partial charge >= 0.3 is 0 Å². The summed E-state index contributed by atoms with van der Waals surface area (Å²) in [5, 5.41) is 0. The van der Waals surface area contributed by atoms with Crippen molar-refractivity contribution in [1.29, 1.82) is 0 Å². The van der Waals surface area contributed by atoms with Crippen LogP contribution >= 0.6 is 31.9 Å². The second-order valence-electron chi connectivity index (χ2n) is 6.54. The van der Waals surface area contributed by atoms with Crippen LogP contribution in [0.3, 0.4) is 0 Å². The lowest BCUT2D eigenvalue weighted by Gasteiger charge is -2.20. The summed E-state index contributed by atoms with van der Waals surface area (Å²) in [5.74, 6) is 0.834. The van der Waals surface area contributed by atoms with E-state index in [1.807, 2.05) is 48.7 Å². The van der Waals surface area contributed by atoms with Crippen molar-refractivity contribution >= 4 is 49.4 Å². The van der Waals surface area contributed by atoms with E-state index in [1.54, 1.807) is 0 Å². The summed E-state index contributed by atoms with van der Waals surface area (Å²) in [5.41, 5.74) is 4.32. The Hall–Kier alpha value is -2.11. The fourth-order valence-corrected chi connectivity index (χ4v) is 4.10. The van der Waals surface area contributed by atoms with Gasteiger partial charge in [0.25, 0.3) is 0 Å². The van der Waals surface area contributed by atoms with E-state index in [0.717, 1.165) is 44.6 Å². The Morgan fingerprint density at radius 2 is 1.59 bits per heavy atom. The molecule has 3 aromatic rings.